The number of carbonyl (C=O) groups is 3. The molecule has 14 heteroatoms. The van der Waals surface area contributed by atoms with Gasteiger partial charge in [-0.1, -0.05) is 0 Å². The molecule has 2 aromatic rings. The van der Waals surface area contributed by atoms with E-state index >= 15 is 0 Å². The van der Waals surface area contributed by atoms with Crippen molar-refractivity contribution in [3.8, 4) is 0 Å². The lowest BCUT2D eigenvalue weighted by atomic mass is 10.1. The average Bonchev–Trinajstić information content (AvgIpc) is 3.23. The lowest BCUT2D eigenvalue weighted by Gasteiger charge is -2.26. The largest absolute Gasteiger partial charge is 0.339 e. The van der Waals surface area contributed by atoms with E-state index in [0.717, 1.165) is 0 Å². The van der Waals surface area contributed by atoms with Gasteiger partial charge in [0.15, 0.2) is 28.5 Å². The minimum absolute atomic E-state index is 0.0901. The molecule has 0 fully saturated rings. The van der Waals surface area contributed by atoms with Crippen LogP contribution in [0.2, 0.25) is 0 Å². The summed E-state index contributed by atoms with van der Waals surface area (Å²) in [5.41, 5.74) is 5.84. The summed E-state index contributed by atoms with van der Waals surface area (Å²) in [6.45, 7) is 2.57. The van der Waals surface area contributed by atoms with Crippen LogP contribution in [0.5, 0.6) is 0 Å². The predicted octanol–water partition coefficient (Wildman–Crippen LogP) is -2.20. The van der Waals surface area contributed by atoms with Crippen molar-refractivity contribution in [2.45, 2.75) is 19.6 Å². The first-order valence-electron chi connectivity index (χ1n) is 7.73. The SMILES string of the molecule is CC(=O)C1(N)N=C2N=CN=C2C(=O)N1.CC(=O)Nc1nc2nc[nH]c2c(=O)[nH]1. The summed E-state index contributed by atoms with van der Waals surface area (Å²) in [5, 5.41) is 4.62. The van der Waals surface area contributed by atoms with Crippen molar-refractivity contribution < 1.29 is 14.4 Å². The highest BCUT2D eigenvalue weighted by molar-refractivity contribution is 6.70. The van der Waals surface area contributed by atoms with Crippen molar-refractivity contribution in [2.24, 2.45) is 20.7 Å². The predicted molar refractivity (Wildman–Crippen MR) is 97.9 cm³/mol. The summed E-state index contributed by atoms with van der Waals surface area (Å²) in [4.78, 5) is 68.5. The first-order chi connectivity index (χ1) is 13.2. The molecule has 2 aliphatic rings. The number of amidine groups is 1. The maximum atomic E-state index is 11.4. The van der Waals surface area contributed by atoms with Gasteiger partial charge < -0.3 is 10.3 Å². The Morgan fingerprint density at radius 1 is 1.25 bits per heavy atom. The van der Waals surface area contributed by atoms with Crippen LogP contribution in [0.4, 0.5) is 5.95 Å². The average molecular weight is 386 g/mol. The maximum Gasteiger partial charge on any atom is 0.278 e. The van der Waals surface area contributed by atoms with Crippen molar-refractivity contribution >= 4 is 52.6 Å². The number of fused-ring (bicyclic) bond motifs is 2. The third-order valence-corrected chi connectivity index (χ3v) is 3.51. The summed E-state index contributed by atoms with van der Waals surface area (Å²) in [5.74, 6) is -2.80. The van der Waals surface area contributed by atoms with Crippen LogP contribution >= 0.6 is 0 Å². The number of aromatic nitrogens is 4. The number of hydrogen-bond donors (Lipinski definition) is 5. The quantitative estimate of drug-likeness (QED) is 0.384. The van der Waals surface area contributed by atoms with E-state index in [4.69, 9.17) is 5.73 Å². The van der Waals surface area contributed by atoms with E-state index in [-0.39, 0.29) is 34.6 Å². The molecule has 1 atom stereocenters. The standard InChI is InChI=1S/2C7H7N5O2/c1-3(13)10-7-11-5-4(6(14)12-7)8-2-9-5;1-3(13)7(8)11-5-4(6(14)12-7)9-2-10-5/h2H,1H3,(H3,8,9,10,11,12,13,14);2H,8H2,1H3,(H,12,14). The Labute approximate surface area is 155 Å². The number of ketones is 1. The number of H-pyrrole nitrogens is 2. The fourth-order valence-electron chi connectivity index (χ4n) is 2.16. The molecule has 14 nitrogen and oxygen atoms in total. The van der Waals surface area contributed by atoms with Gasteiger partial charge in [0.2, 0.25) is 17.6 Å². The monoisotopic (exact) mass is 386 g/mol. The Bertz CT molecular complexity index is 1140. The van der Waals surface area contributed by atoms with E-state index < -0.39 is 17.5 Å². The number of aromatic amines is 2. The molecular weight excluding hydrogens is 372 g/mol. The minimum Gasteiger partial charge on any atom is -0.339 e. The van der Waals surface area contributed by atoms with Gasteiger partial charge >= 0.3 is 0 Å². The number of aliphatic imine (C=N–C) groups is 3. The molecule has 4 rings (SSSR count). The molecule has 2 aliphatic heterocycles. The number of carbonyl (C=O) groups excluding carboxylic acids is 3. The molecule has 2 aromatic heterocycles. The van der Waals surface area contributed by atoms with Gasteiger partial charge in [0.1, 0.15) is 6.34 Å². The zero-order valence-corrected chi connectivity index (χ0v) is 14.6. The summed E-state index contributed by atoms with van der Waals surface area (Å²) < 4.78 is 0. The van der Waals surface area contributed by atoms with Crippen molar-refractivity contribution in [3.63, 3.8) is 0 Å². The Hall–Kier alpha value is -4.07. The molecule has 0 radical (unpaired) electrons. The number of nitrogens with zero attached hydrogens (tertiary/aromatic N) is 5. The first-order valence-corrected chi connectivity index (χ1v) is 7.73. The molecule has 0 aromatic carbocycles. The van der Waals surface area contributed by atoms with Crippen LogP contribution in [0, 0.1) is 0 Å². The fourth-order valence-corrected chi connectivity index (χ4v) is 2.16. The molecule has 28 heavy (non-hydrogen) atoms. The number of hydrogen-bond acceptors (Lipinski definition) is 10. The third-order valence-electron chi connectivity index (χ3n) is 3.51. The number of imidazole rings is 1. The summed E-state index contributed by atoms with van der Waals surface area (Å²) in [6.07, 6.45) is 2.56. The summed E-state index contributed by atoms with van der Waals surface area (Å²) >= 11 is 0. The smallest absolute Gasteiger partial charge is 0.278 e. The zero-order valence-electron chi connectivity index (χ0n) is 14.6. The molecule has 0 bridgehead atoms. The fraction of sp³-hybridized carbons (Fsp3) is 0.214. The molecule has 2 amide bonds. The van der Waals surface area contributed by atoms with Gasteiger partial charge in [-0.25, -0.2) is 20.0 Å². The first kappa shape index (κ1) is 18.7. The van der Waals surface area contributed by atoms with E-state index in [2.05, 4.69) is 45.5 Å². The van der Waals surface area contributed by atoms with Crippen molar-refractivity contribution in [3.05, 3.63) is 16.7 Å². The highest BCUT2D eigenvalue weighted by Crippen LogP contribution is 2.10. The van der Waals surface area contributed by atoms with E-state index in [9.17, 15) is 19.2 Å². The lowest BCUT2D eigenvalue weighted by Crippen LogP contribution is -2.64. The van der Waals surface area contributed by atoms with Gasteiger partial charge in [0, 0.05) is 13.8 Å². The Balaban J connectivity index is 0.000000161. The number of rotatable bonds is 2. The highest BCUT2D eigenvalue weighted by Gasteiger charge is 2.40. The van der Waals surface area contributed by atoms with E-state index in [0.29, 0.717) is 5.52 Å². The minimum atomic E-state index is -1.70. The van der Waals surface area contributed by atoms with Crippen LogP contribution in [0.25, 0.3) is 11.2 Å². The zero-order chi connectivity index (χ0) is 20.5. The van der Waals surface area contributed by atoms with Gasteiger partial charge in [-0.3, -0.25) is 35.2 Å². The maximum absolute atomic E-state index is 11.4. The molecule has 4 heterocycles. The van der Waals surface area contributed by atoms with E-state index in [1.807, 2.05) is 0 Å². The number of amides is 2. The van der Waals surface area contributed by atoms with Crippen molar-refractivity contribution in [2.75, 3.05) is 5.32 Å². The molecule has 144 valence electrons. The van der Waals surface area contributed by atoms with Crippen LogP contribution < -0.4 is 21.9 Å². The van der Waals surface area contributed by atoms with Gasteiger partial charge in [0.05, 0.1) is 6.33 Å². The van der Waals surface area contributed by atoms with Gasteiger partial charge in [0.25, 0.3) is 11.5 Å². The number of nitrogens with two attached hydrogens (primary N) is 1. The second-order valence-electron chi connectivity index (χ2n) is 5.63. The number of nitrogens with one attached hydrogen (secondary N) is 4. The molecule has 0 saturated heterocycles. The lowest BCUT2D eigenvalue weighted by molar-refractivity contribution is -0.127. The summed E-state index contributed by atoms with van der Waals surface area (Å²) in [6, 6.07) is 0. The van der Waals surface area contributed by atoms with Crippen molar-refractivity contribution in [1.29, 1.82) is 0 Å². The van der Waals surface area contributed by atoms with Crippen LogP contribution in [0.15, 0.2) is 26.1 Å². The molecule has 0 aliphatic carbocycles. The topological polar surface area (TPSA) is 213 Å². The molecular formula is C14H14N10O4. The second kappa shape index (κ2) is 6.92. The van der Waals surface area contributed by atoms with Crippen LogP contribution in [0.3, 0.4) is 0 Å². The number of Topliss-reactive ketones (excluding diaryl/α,β-unsaturated/α-hetero) is 1. The molecule has 1 unspecified atom stereocenters. The Morgan fingerprint density at radius 3 is 2.68 bits per heavy atom. The Kier molecular flexibility index (Phi) is 4.62. The second-order valence-corrected chi connectivity index (χ2v) is 5.63. The van der Waals surface area contributed by atoms with Gasteiger partial charge in [-0.05, 0) is 0 Å². The normalized spacial score (nSPS) is 19.8. The van der Waals surface area contributed by atoms with Crippen LogP contribution in [-0.2, 0) is 14.4 Å². The molecule has 0 spiro atoms. The highest BCUT2D eigenvalue weighted by atomic mass is 16.2. The summed E-state index contributed by atoms with van der Waals surface area (Å²) in [7, 11) is 0. The van der Waals surface area contributed by atoms with Crippen molar-refractivity contribution in [1.82, 2.24) is 25.3 Å². The Morgan fingerprint density at radius 2 is 2.00 bits per heavy atom. The molecule has 0 saturated carbocycles. The van der Waals surface area contributed by atoms with E-state index in [1.165, 1.54) is 26.5 Å². The van der Waals surface area contributed by atoms with Crippen LogP contribution in [0.1, 0.15) is 13.8 Å². The third kappa shape index (κ3) is 3.56. The molecule has 6 N–H and O–H groups in total. The number of anilines is 1. The van der Waals surface area contributed by atoms with E-state index in [1.54, 1.807) is 0 Å². The van der Waals surface area contributed by atoms with Gasteiger partial charge in [-0.2, -0.15) is 4.98 Å². The van der Waals surface area contributed by atoms with Gasteiger partial charge in [-0.15, -0.1) is 0 Å². The van der Waals surface area contributed by atoms with Crippen LogP contribution in [-0.4, -0.2) is 61.2 Å².